The molecule has 0 unspecified atom stereocenters. The second-order valence-electron chi connectivity index (χ2n) is 6.99. The largest absolute Gasteiger partial charge is 0.279 e. The predicted octanol–water partition coefficient (Wildman–Crippen LogP) is 4.58. The number of allylic oxidation sites excluding steroid dienone is 3. The molecular weight excluding hydrogens is 336 g/mol. The lowest BCUT2D eigenvalue weighted by atomic mass is 9.85. The Morgan fingerprint density at radius 2 is 1.85 bits per heavy atom. The molecule has 27 heavy (non-hydrogen) atoms. The van der Waals surface area contributed by atoms with Gasteiger partial charge >= 0.3 is 0 Å². The third-order valence-electron chi connectivity index (χ3n) is 4.76. The van der Waals surface area contributed by atoms with Crippen LogP contribution in [0, 0.1) is 6.92 Å². The zero-order chi connectivity index (χ0) is 19.6. The van der Waals surface area contributed by atoms with Crippen LogP contribution >= 0.6 is 0 Å². The molecule has 3 rings (SSSR count). The van der Waals surface area contributed by atoms with Gasteiger partial charge < -0.3 is 0 Å². The molecule has 5 heteroatoms. The summed E-state index contributed by atoms with van der Waals surface area (Å²) in [6, 6.07) is 6.08. The first-order chi connectivity index (χ1) is 12.9. The van der Waals surface area contributed by atoms with Crippen molar-refractivity contribution in [3.63, 3.8) is 0 Å². The molecule has 0 saturated carbocycles. The van der Waals surface area contributed by atoms with Gasteiger partial charge in [0.05, 0.1) is 23.0 Å². The Kier molecular flexibility index (Phi) is 5.04. The van der Waals surface area contributed by atoms with E-state index >= 15 is 0 Å². The topological polar surface area (TPSA) is 58.5 Å². The minimum atomic E-state index is -0.597. The van der Waals surface area contributed by atoms with Crippen LogP contribution in [0.4, 0.5) is 5.69 Å². The van der Waals surface area contributed by atoms with Gasteiger partial charge in [-0.1, -0.05) is 24.3 Å². The maximum atomic E-state index is 13.2. The van der Waals surface area contributed by atoms with E-state index in [4.69, 9.17) is 0 Å². The fraction of sp³-hybridized carbons (Fsp3) is 0.273. The number of aliphatic imine (C=N–C) groups is 1. The molecule has 5 nitrogen and oxygen atoms in total. The van der Waals surface area contributed by atoms with Crippen LogP contribution in [0.1, 0.15) is 39.1 Å². The van der Waals surface area contributed by atoms with E-state index in [9.17, 15) is 4.79 Å². The van der Waals surface area contributed by atoms with E-state index in [-0.39, 0.29) is 5.91 Å². The van der Waals surface area contributed by atoms with Crippen LogP contribution in [0.15, 0.2) is 59.6 Å². The fourth-order valence-electron chi connectivity index (χ4n) is 3.19. The van der Waals surface area contributed by atoms with E-state index in [0.29, 0.717) is 0 Å². The summed E-state index contributed by atoms with van der Waals surface area (Å²) in [5.41, 5.74) is 3.93. The number of hydrogen-bond acceptors (Lipinski definition) is 4. The lowest BCUT2D eigenvalue weighted by Gasteiger charge is -2.21. The number of anilines is 1. The summed E-state index contributed by atoms with van der Waals surface area (Å²) in [4.78, 5) is 27.8. The monoisotopic (exact) mass is 360 g/mol. The quantitative estimate of drug-likeness (QED) is 0.750. The second-order valence-corrected chi connectivity index (χ2v) is 6.99. The molecule has 1 aromatic heterocycles. The van der Waals surface area contributed by atoms with Crippen molar-refractivity contribution in [3.05, 3.63) is 66.0 Å². The number of aromatic nitrogens is 2. The van der Waals surface area contributed by atoms with Gasteiger partial charge in [-0.25, -0.2) is 9.97 Å². The molecule has 0 spiro atoms. The molecule has 0 atom stereocenters. The zero-order valence-corrected chi connectivity index (χ0v) is 16.4. The number of hydrogen-bond donors (Lipinski definition) is 0. The number of carbonyl (C=O) groups is 1. The summed E-state index contributed by atoms with van der Waals surface area (Å²) in [6.45, 7) is 9.59. The standard InChI is InChI=1S/C22H24N4O/c1-6-10-23-14-18(7-2)26-20-11-16(17-12-24-15(3)25-13-17)8-9-19(20)22(4,5)21(26)27/h6-14H,1-5H3/b10-6-,18-7+,23-14-. The van der Waals surface area contributed by atoms with Crippen LogP contribution in [0.25, 0.3) is 11.1 Å². The Morgan fingerprint density at radius 3 is 2.48 bits per heavy atom. The van der Waals surface area contributed by atoms with Crippen molar-refractivity contribution < 1.29 is 4.79 Å². The van der Waals surface area contributed by atoms with Crippen molar-refractivity contribution >= 4 is 17.8 Å². The summed E-state index contributed by atoms with van der Waals surface area (Å²) in [5, 5.41) is 0. The van der Waals surface area contributed by atoms with Gasteiger partial charge in [-0.3, -0.25) is 14.7 Å². The molecule has 0 saturated heterocycles. The normalized spacial score (nSPS) is 16.6. The van der Waals surface area contributed by atoms with Crippen LogP contribution in [0.2, 0.25) is 0 Å². The highest BCUT2D eigenvalue weighted by Crippen LogP contribution is 2.44. The minimum absolute atomic E-state index is 0.0369. The second kappa shape index (κ2) is 7.27. The van der Waals surface area contributed by atoms with Gasteiger partial charge in [0.25, 0.3) is 0 Å². The molecule has 1 aromatic carbocycles. The maximum absolute atomic E-state index is 13.2. The van der Waals surface area contributed by atoms with Crippen molar-refractivity contribution in [3.8, 4) is 11.1 Å². The Labute approximate surface area is 160 Å². The maximum Gasteiger partial charge on any atom is 0.241 e. The molecule has 0 N–H and O–H groups in total. The number of carbonyl (C=O) groups excluding carboxylic acids is 1. The number of nitrogens with zero attached hydrogens (tertiary/aromatic N) is 4. The number of fused-ring (bicyclic) bond motifs is 1. The Bertz CT molecular complexity index is 953. The van der Waals surface area contributed by atoms with Gasteiger partial charge in [-0.05, 0) is 51.8 Å². The molecule has 0 bridgehead atoms. The van der Waals surface area contributed by atoms with E-state index in [1.807, 2.05) is 65.0 Å². The fourth-order valence-corrected chi connectivity index (χ4v) is 3.19. The summed E-state index contributed by atoms with van der Waals surface area (Å²) < 4.78 is 0. The van der Waals surface area contributed by atoms with Gasteiger partial charge in [-0.15, -0.1) is 0 Å². The molecule has 0 radical (unpaired) electrons. The molecular formula is C22H24N4O. The molecule has 2 heterocycles. The van der Waals surface area contributed by atoms with E-state index < -0.39 is 5.41 Å². The van der Waals surface area contributed by atoms with Crippen molar-refractivity contribution in [2.75, 3.05) is 4.90 Å². The van der Waals surface area contributed by atoms with Gasteiger partial charge in [0.1, 0.15) is 5.82 Å². The number of amides is 1. The average Bonchev–Trinajstić information content (AvgIpc) is 2.86. The van der Waals surface area contributed by atoms with Crippen molar-refractivity contribution in [1.82, 2.24) is 9.97 Å². The van der Waals surface area contributed by atoms with Crippen molar-refractivity contribution in [2.24, 2.45) is 4.99 Å². The Morgan fingerprint density at radius 1 is 1.15 bits per heavy atom. The van der Waals surface area contributed by atoms with E-state index in [0.717, 1.165) is 33.9 Å². The minimum Gasteiger partial charge on any atom is -0.279 e. The molecule has 0 aliphatic carbocycles. The molecule has 1 amide bonds. The molecule has 1 aliphatic heterocycles. The van der Waals surface area contributed by atoms with Gasteiger partial charge in [0.15, 0.2) is 0 Å². The smallest absolute Gasteiger partial charge is 0.241 e. The summed E-state index contributed by atoms with van der Waals surface area (Å²) in [5.74, 6) is 0.768. The molecule has 0 fully saturated rings. The van der Waals surface area contributed by atoms with Crippen LogP contribution in [-0.4, -0.2) is 22.1 Å². The molecule has 138 valence electrons. The van der Waals surface area contributed by atoms with Gasteiger partial charge in [0, 0.05) is 24.2 Å². The Balaban J connectivity index is 2.12. The van der Waals surface area contributed by atoms with Crippen LogP contribution < -0.4 is 4.90 Å². The zero-order valence-electron chi connectivity index (χ0n) is 16.4. The van der Waals surface area contributed by atoms with E-state index in [2.05, 4.69) is 15.0 Å². The number of rotatable bonds is 4. The van der Waals surface area contributed by atoms with E-state index in [1.54, 1.807) is 29.7 Å². The van der Waals surface area contributed by atoms with Crippen LogP contribution in [-0.2, 0) is 10.2 Å². The lowest BCUT2D eigenvalue weighted by molar-refractivity contribution is -0.121. The average molecular weight is 360 g/mol. The third-order valence-corrected chi connectivity index (χ3v) is 4.76. The summed E-state index contributed by atoms with van der Waals surface area (Å²) in [6.07, 6.45) is 10.8. The van der Waals surface area contributed by atoms with Crippen LogP contribution in [0.3, 0.4) is 0 Å². The highest BCUT2D eigenvalue weighted by molar-refractivity contribution is 6.14. The third kappa shape index (κ3) is 3.33. The highest BCUT2D eigenvalue weighted by Gasteiger charge is 2.44. The van der Waals surface area contributed by atoms with Crippen molar-refractivity contribution in [2.45, 2.75) is 40.0 Å². The summed E-state index contributed by atoms with van der Waals surface area (Å²) in [7, 11) is 0. The first kappa shape index (κ1) is 18.7. The molecule has 1 aliphatic rings. The predicted molar refractivity (Wildman–Crippen MR) is 110 cm³/mol. The first-order valence-electron chi connectivity index (χ1n) is 8.99. The lowest BCUT2D eigenvalue weighted by Crippen LogP contribution is -2.36. The highest BCUT2D eigenvalue weighted by atomic mass is 16.2. The SMILES string of the molecule is C\C=C/N=C\C(=C/C)N1C(=O)C(C)(C)c2ccc(-c3cnc(C)nc3)cc21. The van der Waals surface area contributed by atoms with E-state index in [1.165, 1.54) is 0 Å². The first-order valence-corrected chi connectivity index (χ1v) is 8.99. The summed E-state index contributed by atoms with van der Waals surface area (Å²) >= 11 is 0. The van der Waals surface area contributed by atoms with Gasteiger partial charge in [-0.2, -0.15) is 0 Å². The molecule has 2 aromatic rings. The van der Waals surface area contributed by atoms with Crippen molar-refractivity contribution in [1.29, 1.82) is 0 Å². The number of aryl methyl sites for hydroxylation is 1. The Hall–Kier alpha value is -3.08. The van der Waals surface area contributed by atoms with Gasteiger partial charge in [0.2, 0.25) is 5.91 Å². The van der Waals surface area contributed by atoms with Crippen LogP contribution in [0.5, 0.6) is 0 Å². The number of benzene rings is 1.